The number of aryl methyl sites for hydroxylation is 1. The second kappa shape index (κ2) is 12.4. The summed E-state index contributed by atoms with van der Waals surface area (Å²) in [5, 5.41) is 1.56. The average Bonchev–Trinajstić information content (AvgIpc) is 3.20. The van der Waals surface area contributed by atoms with Gasteiger partial charge in [0.05, 0.1) is 5.69 Å². The molecule has 33 heavy (non-hydrogen) atoms. The van der Waals surface area contributed by atoms with Gasteiger partial charge in [0.2, 0.25) is 5.89 Å². The maximum absolute atomic E-state index is 12.7. The Bertz CT molecular complexity index is 901. The topological polar surface area (TPSA) is 46.3 Å². The van der Waals surface area contributed by atoms with Gasteiger partial charge < -0.3 is 4.42 Å². The molecule has 1 saturated carbocycles. The summed E-state index contributed by atoms with van der Waals surface area (Å²) in [6, 6.07) is 7.60. The second-order valence-electron chi connectivity index (χ2n) is 9.64. The first-order valence-electron chi connectivity index (χ1n) is 12.7. The Morgan fingerprint density at radius 2 is 1.94 bits per heavy atom. The molecule has 0 bridgehead atoms. The fraction of sp³-hybridized carbons (Fsp3) is 0.630. The van der Waals surface area contributed by atoms with E-state index in [0.29, 0.717) is 16.7 Å². The second-order valence-corrected chi connectivity index (χ2v) is 11.5. The number of halogens is 1. The maximum atomic E-state index is 12.7. The van der Waals surface area contributed by atoms with E-state index in [1.807, 2.05) is 31.2 Å². The molecular formula is C27H37ClN2O2S. The van der Waals surface area contributed by atoms with Crippen LogP contribution in [0, 0.1) is 12.8 Å². The van der Waals surface area contributed by atoms with Crippen molar-refractivity contribution in [3.63, 3.8) is 0 Å². The number of aromatic nitrogens is 1. The molecule has 2 fully saturated rings. The molecule has 2 heterocycles. The molecule has 0 spiro atoms. The highest BCUT2D eigenvalue weighted by molar-refractivity contribution is 7.99. The first-order chi connectivity index (χ1) is 16.1. The van der Waals surface area contributed by atoms with E-state index in [-0.39, 0.29) is 5.92 Å². The SMILES string of the molecule is Cc1oc(-c2cccc(Cl)c2)nc1CN1CCC(C(=O)CCCCSC2CCCCC2)CC1. The third-order valence-corrected chi connectivity index (χ3v) is 8.81. The standard InChI is InChI=1S/C27H37ClN2O2S/c1-20-25(29-27(32-20)22-8-7-9-23(28)18-22)19-30-15-13-21(14-16-30)26(31)12-5-6-17-33-24-10-3-2-4-11-24/h7-9,18,21,24H,2-6,10-17,19H2,1H3. The number of unbranched alkanes of at least 4 members (excludes halogenated alkanes) is 1. The smallest absolute Gasteiger partial charge is 0.226 e. The minimum Gasteiger partial charge on any atom is -0.441 e. The Balaban J connectivity index is 1.16. The predicted molar refractivity (Wildman–Crippen MR) is 138 cm³/mol. The van der Waals surface area contributed by atoms with E-state index in [1.54, 1.807) is 0 Å². The Labute approximate surface area is 207 Å². The van der Waals surface area contributed by atoms with Gasteiger partial charge in [-0.3, -0.25) is 9.69 Å². The van der Waals surface area contributed by atoms with E-state index >= 15 is 0 Å². The number of Topliss-reactive ketones (excluding diaryl/α,β-unsaturated/α-hetero) is 1. The van der Waals surface area contributed by atoms with E-state index < -0.39 is 0 Å². The third kappa shape index (κ3) is 7.34. The molecule has 1 aliphatic heterocycles. The number of benzene rings is 1. The molecule has 0 radical (unpaired) electrons. The lowest BCUT2D eigenvalue weighted by Crippen LogP contribution is -2.36. The summed E-state index contributed by atoms with van der Waals surface area (Å²) in [7, 11) is 0. The van der Waals surface area contributed by atoms with Gasteiger partial charge in [0, 0.05) is 34.7 Å². The van der Waals surface area contributed by atoms with Gasteiger partial charge in [-0.1, -0.05) is 36.9 Å². The van der Waals surface area contributed by atoms with Crippen molar-refractivity contribution in [3.05, 3.63) is 40.7 Å². The van der Waals surface area contributed by atoms with Crippen LogP contribution in [-0.2, 0) is 11.3 Å². The van der Waals surface area contributed by atoms with E-state index in [1.165, 1.54) is 44.3 Å². The largest absolute Gasteiger partial charge is 0.441 e. The average molecular weight is 489 g/mol. The summed E-state index contributed by atoms with van der Waals surface area (Å²) < 4.78 is 5.91. The highest BCUT2D eigenvalue weighted by atomic mass is 35.5. The minimum atomic E-state index is 0.243. The normalized spacial score (nSPS) is 18.6. The molecule has 0 amide bonds. The Morgan fingerprint density at radius 1 is 1.15 bits per heavy atom. The molecule has 180 valence electrons. The van der Waals surface area contributed by atoms with Crippen LogP contribution in [0.25, 0.3) is 11.5 Å². The summed E-state index contributed by atoms with van der Waals surface area (Å²) >= 11 is 8.26. The molecule has 6 heteroatoms. The van der Waals surface area contributed by atoms with Crippen LogP contribution in [-0.4, -0.2) is 39.8 Å². The highest BCUT2D eigenvalue weighted by Crippen LogP contribution is 2.30. The molecule has 4 nitrogen and oxygen atoms in total. The number of thioether (sulfide) groups is 1. The van der Waals surface area contributed by atoms with Gasteiger partial charge >= 0.3 is 0 Å². The number of hydrogen-bond donors (Lipinski definition) is 0. The van der Waals surface area contributed by atoms with Crippen LogP contribution < -0.4 is 0 Å². The van der Waals surface area contributed by atoms with Gasteiger partial charge in [-0.05, 0) is 82.5 Å². The first-order valence-corrected chi connectivity index (χ1v) is 14.1. The number of carbonyl (C=O) groups is 1. The molecule has 1 saturated heterocycles. The summed E-state index contributed by atoms with van der Waals surface area (Å²) in [6.07, 6.45) is 12.0. The van der Waals surface area contributed by atoms with Crippen molar-refractivity contribution >= 4 is 29.1 Å². The summed E-state index contributed by atoms with van der Waals surface area (Å²) in [5.74, 6) is 3.43. The van der Waals surface area contributed by atoms with Crippen molar-refractivity contribution in [3.8, 4) is 11.5 Å². The van der Waals surface area contributed by atoms with Crippen LogP contribution in [0.3, 0.4) is 0 Å². The molecular weight excluding hydrogens is 452 g/mol. The highest BCUT2D eigenvalue weighted by Gasteiger charge is 2.25. The quantitative estimate of drug-likeness (QED) is 0.328. The Kier molecular flexibility index (Phi) is 9.34. The molecule has 0 N–H and O–H groups in total. The van der Waals surface area contributed by atoms with E-state index in [9.17, 15) is 4.79 Å². The van der Waals surface area contributed by atoms with Crippen molar-refractivity contribution in [1.82, 2.24) is 9.88 Å². The lowest BCUT2D eigenvalue weighted by atomic mass is 9.90. The maximum Gasteiger partial charge on any atom is 0.226 e. The summed E-state index contributed by atoms with van der Waals surface area (Å²) in [6.45, 7) is 4.65. The predicted octanol–water partition coefficient (Wildman–Crippen LogP) is 7.32. The number of rotatable bonds is 10. The van der Waals surface area contributed by atoms with Crippen molar-refractivity contribution in [1.29, 1.82) is 0 Å². The molecule has 1 aliphatic carbocycles. The van der Waals surface area contributed by atoms with Crippen molar-refractivity contribution in [2.75, 3.05) is 18.8 Å². The van der Waals surface area contributed by atoms with Crippen molar-refractivity contribution in [2.24, 2.45) is 5.92 Å². The molecule has 2 aromatic rings. The van der Waals surface area contributed by atoms with Crippen molar-refractivity contribution in [2.45, 2.75) is 82.9 Å². The van der Waals surface area contributed by atoms with E-state index in [2.05, 4.69) is 16.7 Å². The van der Waals surface area contributed by atoms with Crippen LogP contribution in [0.1, 0.15) is 75.7 Å². The van der Waals surface area contributed by atoms with Gasteiger partial charge in [-0.25, -0.2) is 4.98 Å². The number of oxazole rings is 1. The van der Waals surface area contributed by atoms with Gasteiger partial charge in [0.15, 0.2) is 0 Å². The molecule has 4 rings (SSSR count). The number of piperidine rings is 1. The number of likely N-dealkylation sites (tertiary alicyclic amines) is 1. The number of hydrogen-bond acceptors (Lipinski definition) is 5. The summed E-state index contributed by atoms with van der Waals surface area (Å²) in [4.78, 5) is 19.8. The summed E-state index contributed by atoms with van der Waals surface area (Å²) in [5.41, 5.74) is 1.88. The molecule has 1 aromatic heterocycles. The zero-order chi connectivity index (χ0) is 23.0. The van der Waals surface area contributed by atoms with Gasteiger partial charge in [0.1, 0.15) is 11.5 Å². The zero-order valence-electron chi connectivity index (χ0n) is 19.9. The van der Waals surface area contributed by atoms with Crippen LogP contribution in [0.2, 0.25) is 5.02 Å². The van der Waals surface area contributed by atoms with Crippen LogP contribution in [0.5, 0.6) is 0 Å². The monoisotopic (exact) mass is 488 g/mol. The fourth-order valence-electron chi connectivity index (χ4n) is 5.03. The lowest BCUT2D eigenvalue weighted by Gasteiger charge is -2.30. The minimum absolute atomic E-state index is 0.243. The number of carbonyl (C=O) groups excluding carboxylic acids is 1. The molecule has 1 aromatic carbocycles. The van der Waals surface area contributed by atoms with Crippen molar-refractivity contribution < 1.29 is 9.21 Å². The fourth-order valence-corrected chi connectivity index (χ4v) is 6.59. The first kappa shape index (κ1) is 24.8. The van der Waals surface area contributed by atoms with Gasteiger partial charge in [-0.2, -0.15) is 11.8 Å². The number of ketones is 1. The van der Waals surface area contributed by atoms with E-state index in [4.69, 9.17) is 21.0 Å². The van der Waals surface area contributed by atoms with Crippen LogP contribution in [0.4, 0.5) is 0 Å². The lowest BCUT2D eigenvalue weighted by molar-refractivity contribution is -0.124. The Morgan fingerprint density at radius 3 is 2.70 bits per heavy atom. The van der Waals surface area contributed by atoms with Gasteiger partial charge in [-0.15, -0.1) is 0 Å². The van der Waals surface area contributed by atoms with Crippen LogP contribution in [0.15, 0.2) is 28.7 Å². The number of nitrogens with zero attached hydrogens (tertiary/aromatic N) is 2. The van der Waals surface area contributed by atoms with Crippen LogP contribution >= 0.6 is 23.4 Å². The Hall–Kier alpha value is -1.30. The molecule has 2 aliphatic rings. The van der Waals surface area contributed by atoms with Gasteiger partial charge in [0.25, 0.3) is 0 Å². The zero-order valence-corrected chi connectivity index (χ0v) is 21.4. The molecule has 0 atom stereocenters. The van der Waals surface area contributed by atoms with E-state index in [0.717, 1.165) is 67.6 Å². The molecule has 0 unspecified atom stereocenters. The third-order valence-electron chi connectivity index (χ3n) is 7.10.